The van der Waals surface area contributed by atoms with Crippen LogP contribution in [0.4, 0.5) is 0 Å². The normalized spacial score (nSPS) is 18.3. The van der Waals surface area contributed by atoms with Crippen LogP contribution in [0.1, 0.15) is 104 Å². The molecular formula is C21H43NO. The average Bonchev–Trinajstić information content (AvgIpc) is 2.81. The minimum atomic E-state index is 0.217. The van der Waals surface area contributed by atoms with Crippen molar-refractivity contribution in [2.45, 2.75) is 110 Å². The maximum atomic E-state index is 6.57. The van der Waals surface area contributed by atoms with Crippen LogP contribution in [0.2, 0.25) is 0 Å². The molecule has 23 heavy (non-hydrogen) atoms. The second-order valence-electron chi connectivity index (χ2n) is 7.49. The van der Waals surface area contributed by atoms with Crippen LogP contribution < -0.4 is 0 Å². The molecule has 1 aliphatic carbocycles. The van der Waals surface area contributed by atoms with Gasteiger partial charge in [0.2, 0.25) is 0 Å². The summed E-state index contributed by atoms with van der Waals surface area (Å²) in [5.74, 6) is 0. The van der Waals surface area contributed by atoms with E-state index in [-0.39, 0.29) is 5.60 Å². The minimum absolute atomic E-state index is 0.217. The third-order valence-corrected chi connectivity index (χ3v) is 5.71. The number of hydrogen-bond donors (Lipinski definition) is 0. The van der Waals surface area contributed by atoms with Gasteiger partial charge in [0.05, 0.1) is 12.2 Å². The summed E-state index contributed by atoms with van der Waals surface area (Å²) >= 11 is 0. The molecular weight excluding hydrogens is 282 g/mol. The van der Waals surface area contributed by atoms with E-state index in [1.165, 1.54) is 83.5 Å². The number of hydrogen-bond acceptors (Lipinski definition) is 2. The molecule has 1 rings (SSSR count). The molecule has 0 atom stereocenters. The molecule has 0 aromatic carbocycles. The fraction of sp³-hybridized carbons (Fsp3) is 1.00. The van der Waals surface area contributed by atoms with Gasteiger partial charge < -0.3 is 9.64 Å². The van der Waals surface area contributed by atoms with Gasteiger partial charge >= 0.3 is 0 Å². The van der Waals surface area contributed by atoms with Crippen molar-refractivity contribution in [3.63, 3.8) is 0 Å². The zero-order chi connectivity index (χ0) is 16.8. The zero-order valence-electron chi connectivity index (χ0n) is 16.4. The van der Waals surface area contributed by atoms with Gasteiger partial charge in [-0.15, -0.1) is 0 Å². The van der Waals surface area contributed by atoms with Crippen LogP contribution in [0.25, 0.3) is 0 Å². The lowest BCUT2D eigenvalue weighted by Gasteiger charge is -2.34. The zero-order valence-corrected chi connectivity index (χ0v) is 16.4. The molecule has 0 amide bonds. The Labute approximate surface area is 146 Å². The summed E-state index contributed by atoms with van der Waals surface area (Å²) in [6.45, 7) is 11.1. The highest BCUT2D eigenvalue weighted by molar-refractivity contribution is 4.83. The van der Waals surface area contributed by atoms with Crippen molar-refractivity contribution >= 4 is 0 Å². The molecule has 0 radical (unpaired) electrons. The first-order valence-corrected chi connectivity index (χ1v) is 10.6. The highest BCUT2D eigenvalue weighted by Crippen LogP contribution is 2.35. The lowest BCUT2D eigenvalue weighted by atomic mass is 9.88. The summed E-state index contributed by atoms with van der Waals surface area (Å²) in [4.78, 5) is 2.48. The Morgan fingerprint density at radius 3 is 2.00 bits per heavy atom. The van der Waals surface area contributed by atoms with Crippen LogP contribution in [0.3, 0.4) is 0 Å². The molecule has 0 spiro atoms. The predicted octanol–water partition coefficient (Wildman–Crippen LogP) is 6.19. The van der Waals surface area contributed by atoms with Gasteiger partial charge in [-0.1, -0.05) is 85.0 Å². The van der Waals surface area contributed by atoms with Crippen molar-refractivity contribution in [3.8, 4) is 0 Å². The van der Waals surface area contributed by atoms with Crippen molar-refractivity contribution in [2.24, 2.45) is 0 Å². The summed E-state index contributed by atoms with van der Waals surface area (Å²) in [5, 5.41) is 0. The SMILES string of the molecule is CCCCCCCCC1(OCCN(CC)CC)CCCCCC1. The largest absolute Gasteiger partial charge is 0.374 e. The van der Waals surface area contributed by atoms with E-state index in [2.05, 4.69) is 25.7 Å². The summed E-state index contributed by atoms with van der Waals surface area (Å²) in [5.41, 5.74) is 0.217. The quantitative estimate of drug-likeness (QED) is 0.296. The van der Waals surface area contributed by atoms with Crippen LogP contribution in [0.5, 0.6) is 0 Å². The first kappa shape index (κ1) is 21.0. The number of unbranched alkanes of at least 4 members (excludes halogenated alkanes) is 5. The maximum absolute atomic E-state index is 6.57. The molecule has 0 saturated heterocycles. The molecule has 0 N–H and O–H groups in total. The van der Waals surface area contributed by atoms with Gasteiger partial charge in [-0.05, 0) is 32.4 Å². The second kappa shape index (κ2) is 13.2. The van der Waals surface area contributed by atoms with Crippen LogP contribution in [-0.2, 0) is 4.74 Å². The lowest BCUT2D eigenvalue weighted by Crippen LogP contribution is -2.36. The molecule has 0 aromatic rings. The van der Waals surface area contributed by atoms with Crippen LogP contribution in [0, 0.1) is 0 Å². The van der Waals surface area contributed by atoms with E-state index in [0.29, 0.717) is 0 Å². The van der Waals surface area contributed by atoms with Crippen LogP contribution >= 0.6 is 0 Å². The van der Waals surface area contributed by atoms with Crippen molar-refractivity contribution in [1.29, 1.82) is 0 Å². The molecule has 1 aliphatic rings. The van der Waals surface area contributed by atoms with E-state index in [9.17, 15) is 0 Å². The van der Waals surface area contributed by atoms with Crippen LogP contribution in [-0.4, -0.2) is 36.7 Å². The standard InChI is InChI=1S/C21H43NO/c1-4-7-8-9-10-13-16-21(17-14-11-12-15-18-21)23-20-19-22(5-2)6-3/h4-20H2,1-3H3. The molecule has 0 heterocycles. The fourth-order valence-corrected chi connectivity index (χ4v) is 4.00. The molecule has 0 unspecified atom stereocenters. The highest BCUT2D eigenvalue weighted by atomic mass is 16.5. The van der Waals surface area contributed by atoms with E-state index >= 15 is 0 Å². The molecule has 0 aliphatic heterocycles. The first-order chi connectivity index (χ1) is 11.3. The van der Waals surface area contributed by atoms with Gasteiger partial charge in [0, 0.05) is 6.54 Å². The molecule has 2 heteroatoms. The van der Waals surface area contributed by atoms with E-state index in [1.54, 1.807) is 0 Å². The van der Waals surface area contributed by atoms with Gasteiger partial charge in [-0.3, -0.25) is 0 Å². The maximum Gasteiger partial charge on any atom is 0.0683 e. The Kier molecular flexibility index (Phi) is 12.1. The Morgan fingerprint density at radius 1 is 0.783 bits per heavy atom. The van der Waals surface area contributed by atoms with Gasteiger partial charge in [0.15, 0.2) is 0 Å². The smallest absolute Gasteiger partial charge is 0.0683 e. The summed E-state index contributed by atoms with van der Waals surface area (Å²) < 4.78 is 6.57. The minimum Gasteiger partial charge on any atom is -0.374 e. The summed E-state index contributed by atoms with van der Waals surface area (Å²) in [6, 6.07) is 0. The highest BCUT2D eigenvalue weighted by Gasteiger charge is 2.31. The van der Waals surface area contributed by atoms with E-state index in [1.807, 2.05) is 0 Å². The number of nitrogens with zero attached hydrogens (tertiary/aromatic N) is 1. The van der Waals surface area contributed by atoms with Crippen molar-refractivity contribution < 1.29 is 4.74 Å². The Morgan fingerprint density at radius 2 is 1.39 bits per heavy atom. The summed E-state index contributed by atoms with van der Waals surface area (Å²) in [6.07, 6.45) is 17.9. The third kappa shape index (κ3) is 9.10. The van der Waals surface area contributed by atoms with Crippen molar-refractivity contribution in [2.75, 3.05) is 26.2 Å². The van der Waals surface area contributed by atoms with E-state index < -0.39 is 0 Å². The van der Waals surface area contributed by atoms with Crippen LogP contribution in [0.15, 0.2) is 0 Å². The van der Waals surface area contributed by atoms with Gasteiger partial charge in [-0.2, -0.15) is 0 Å². The fourth-order valence-electron chi connectivity index (χ4n) is 4.00. The van der Waals surface area contributed by atoms with Crippen molar-refractivity contribution in [1.82, 2.24) is 4.90 Å². The molecule has 1 fully saturated rings. The topological polar surface area (TPSA) is 12.5 Å². The molecule has 1 saturated carbocycles. The number of rotatable bonds is 13. The summed E-state index contributed by atoms with van der Waals surface area (Å²) in [7, 11) is 0. The lowest BCUT2D eigenvalue weighted by molar-refractivity contribution is -0.0691. The second-order valence-corrected chi connectivity index (χ2v) is 7.49. The molecule has 0 aromatic heterocycles. The Bertz CT molecular complexity index is 255. The first-order valence-electron chi connectivity index (χ1n) is 10.6. The third-order valence-electron chi connectivity index (χ3n) is 5.71. The average molecular weight is 326 g/mol. The van der Waals surface area contributed by atoms with Crippen molar-refractivity contribution in [3.05, 3.63) is 0 Å². The molecule has 2 nitrogen and oxygen atoms in total. The predicted molar refractivity (Wildman–Crippen MR) is 102 cm³/mol. The molecule has 0 bridgehead atoms. The Balaban J connectivity index is 2.36. The number of likely N-dealkylation sites (N-methyl/N-ethyl adjacent to an activating group) is 1. The van der Waals surface area contributed by atoms with Gasteiger partial charge in [-0.25, -0.2) is 0 Å². The van der Waals surface area contributed by atoms with E-state index in [4.69, 9.17) is 4.74 Å². The van der Waals surface area contributed by atoms with Gasteiger partial charge in [0.1, 0.15) is 0 Å². The number of ether oxygens (including phenoxy) is 1. The monoisotopic (exact) mass is 325 g/mol. The Hall–Kier alpha value is -0.0800. The van der Waals surface area contributed by atoms with E-state index in [0.717, 1.165) is 26.2 Å². The van der Waals surface area contributed by atoms with Gasteiger partial charge in [0.25, 0.3) is 0 Å². The molecule has 138 valence electrons.